The van der Waals surface area contributed by atoms with E-state index in [0.29, 0.717) is 0 Å². The molecular weight excluding hydrogens is 382 g/mol. The lowest BCUT2D eigenvalue weighted by molar-refractivity contribution is 0.331. The highest BCUT2D eigenvalue weighted by Gasteiger charge is 2.12. The molecule has 0 bridgehead atoms. The van der Waals surface area contributed by atoms with Crippen LogP contribution in [0.1, 0.15) is 47.9 Å². The van der Waals surface area contributed by atoms with Crippen molar-refractivity contribution in [3.05, 3.63) is 70.8 Å². The summed E-state index contributed by atoms with van der Waals surface area (Å²) in [5.41, 5.74) is 5.36. The van der Waals surface area contributed by atoms with Crippen molar-refractivity contribution in [2.24, 2.45) is 4.99 Å². The number of aliphatic imine (C=N–C) groups is 1. The van der Waals surface area contributed by atoms with Crippen molar-refractivity contribution in [2.75, 3.05) is 33.2 Å². The van der Waals surface area contributed by atoms with Crippen molar-refractivity contribution in [3.63, 3.8) is 0 Å². The Bertz CT molecular complexity index is 748. The first-order valence-electron chi connectivity index (χ1n) is 11.8. The zero-order valence-electron chi connectivity index (χ0n) is 18.9. The van der Waals surface area contributed by atoms with E-state index in [4.69, 9.17) is 0 Å². The number of rotatable bonds is 8. The first-order valence-corrected chi connectivity index (χ1v) is 11.8. The summed E-state index contributed by atoms with van der Waals surface area (Å²) >= 11 is 0. The number of benzene rings is 2. The van der Waals surface area contributed by atoms with Crippen LogP contribution in [0, 0.1) is 0 Å². The van der Waals surface area contributed by atoms with Crippen LogP contribution in [0.4, 0.5) is 0 Å². The molecule has 0 amide bonds. The van der Waals surface area contributed by atoms with Crippen LogP contribution < -0.4 is 10.6 Å². The van der Waals surface area contributed by atoms with Gasteiger partial charge >= 0.3 is 0 Å². The molecule has 0 spiro atoms. The Hall–Kier alpha value is -2.37. The highest BCUT2D eigenvalue weighted by atomic mass is 15.2. The highest BCUT2D eigenvalue weighted by molar-refractivity contribution is 5.79. The Morgan fingerprint density at radius 2 is 1.00 bits per heavy atom. The summed E-state index contributed by atoms with van der Waals surface area (Å²) in [6.45, 7) is 8.68. The van der Waals surface area contributed by atoms with Crippen LogP contribution in [0.3, 0.4) is 0 Å². The second kappa shape index (κ2) is 11.3. The fraction of sp³-hybridized carbons (Fsp3) is 0.500. The smallest absolute Gasteiger partial charge is 0.191 e. The van der Waals surface area contributed by atoms with Gasteiger partial charge in [-0.25, -0.2) is 0 Å². The third-order valence-electron chi connectivity index (χ3n) is 6.40. The molecule has 2 fully saturated rings. The first kappa shape index (κ1) is 21.8. The van der Waals surface area contributed by atoms with Gasteiger partial charge in [0, 0.05) is 33.2 Å². The van der Waals surface area contributed by atoms with Crippen LogP contribution in [-0.2, 0) is 26.2 Å². The largest absolute Gasteiger partial charge is 0.352 e. The molecule has 31 heavy (non-hydrogen) atoms. The van der Waals surface area contributed by atoms with Crippen molar-refractivity contribution in [3.8, 4) is 0 Å². The predicted octanol–water partition coefficient (Wildman–Crippen LogP) is 3.74. The molecule has 2 aromatic carbocycles. The molecule has 5 heteroatoms. The van der Waals surface area contributed by atoms with E-state index in [-0.39, 0.29) is 0 Å². The Labute approximate surface area is 187 Å². The van der Waals surface area contributed by atoms with Crippen molar-refractivity contribution in [2.45, 2.75) is 51.9 Å². The average molecular weight is 420 g/mol. The van der Waals surface area contributed by atoms with Crippen LogP contribution in [0.15, 0.2) is 53.5 Å². The standard InChI is InChI=1S/C26H37N5/c1-27-26(28-18-22-6-10-24(11-7-22)20-30-14-2-3-15-30)29-19-23-8-12-25(13-9-23)21-31-16-4-5-17-31/h6-13H,2-5,14-21H2,1H3,(H2,27,28,29). The van der Waals surface area contributed by atoms with Gasteiger partial charge in [0.1, 0.15) is 0 Å². The van der Waals surface area contributed by atoms with Crippen molar-refractivity contribution in [1.82, 2.24) is 20.4 Å². The first-order chi connectivity index (χ1) is 15.3. The lowest BCUT2D eigenvalue weighted by atomic mass is 10.1. The van der Waals surface area contributed by atoms with E-state index in [1.807, 2.05) is 7.05 Å². The molecule has 2 aromatic rings. The monoisotopic (exact) mass is 419 g/mol. The number of guanidine groups is 1. The van der Waals surface area contributed by atoms with Crippen molar-refractivity contribution >= 4 is 5.96 Å². The van der Waals surface area contributed by atoms with Gasteiger partial charge in [0.2, 0.25) is 0 Å². The van der Waals surface area contributed by atoms with Gasteiger partial charge in [-0.3, -0.25) is 14.8 Å². The predicted molar refractivity (Wildman–Crippen MR) is 129 cm³/mol. The third kappa shape index (κ3) is 6.81. The molecule has 0 atom stereocenters. The summed E-state index contributed by atoms with van der Waals surface area (Å²) in [4.78, 5) is 9.45. The maximum absolute atomic E-state index is 4.37. The molecular formula is C26H37N5. The van der Waals surface area contributed by atoms with Crippen molar-refractivity contribution in [1.29, 1.82) is 0 Å². The molecule has 2 N–H and O–H groups in total. The van der Waals surface area contributed by atoms with E-state index in [9.17, 15) is 0 Å². The fourth-order valence-electron chi connectivity index (χ4n) is 4.52. The van der Waals surface area contributed by atoms with Crippen LogP contribution in [0.25, 0.3) is 0 Å². The minimum atomic E-state index is 0.776. The molecule has 0 aliphatic carbocycles. The Balaban J connectivity index is 1.19. The van der Waals surface area contributed by atoms with E-state index >= 15 is 0 Å². The van der Waals surface area contributed by atoms with Gasteiger partial charge < -0.3 is 10.6 Å². The summed E-state index contributed by atoms with van der Waals surface area (Å²) in [6.07, 6.45) is 5.38. The lowest BCUT2D eigenvalue weighted by Crippen LogP contribution is -2.36. The molecule has 5 nitrogen and oxygen atoms in total. The summed E-state index contributed by atoms with van der Waals surface area (Å²) in [7, 11) is 1.83. The minimum absolute atomic E-state index is 0.776. The number of hydrogen-bond acceptors (Lipinski definition) is 3. The fourth-order valence-corrected chi connectivity index (χ4v) is 4.52. The number of nitrogens with one attached hydrogen (secondary N) is 2. The van der Waals surface area contributed by atoms with E-state index in [1.54, 1.807) is 0 Å². The third-order valence-corrected chi connectivity index (χ3v) is 6.40. The van der Waals surface area contributed by atoms with E-state index in [0.717, 1.165) is 32.1 Å². The molecule has 0 radical (unpaired) electrons. The molecule has 2 heterocycles. The molecule has 2 saturated heterocycles. The molecule has 2 aliphatic heterocycles. The van der Waals surface area contributed by atoms with E-state index in [1.165, 1.54) is 74.1 Å². The number of hydrogen-bond donors (Lipinski definition) is 2. The number of likely N-dealkylation sites (tertiary alicyclic amines) is 2. The summed E-state index contributed by atoms with van der Waals surface area (Å²) < 4.78 is 0. The van der Waals surface area contributed by atoms with Crippen molar-refractivity contribution < 1.29 is 0 Å². The quantitative estimate of drug-likeness (QED) is 0.505. The van der Waals surface area contributed by atoms with Gasteiger partial charge in [-0.05, 0) is 74.1 Å². The zero-order chi connectivity index (χ0) is 21.3. The van der Waals surface area contributed by atoms with Gasteiger partial charge in [-0.2, -0.15) is 0 Å². The number of nitrogens with zero attached hydrogens (tertiary/aromatic N) is 3. The Morgan fingerprint density at radius 3 is 1.35 bits per heavy atom. The van der Waals surface area contributed by atoms with Gasteiger partial charge in [0.15, 0.2) is 5.96 Å². The minimum Gasteiger partial charge on any atom is -0.352 e. The molecule has 166 valence electrons. The second-order valence-corrected chi connectivity index (χ2v) is 8.88. The maximum Gasteiger partial charge on any atom is 0.191 e. The summed E-state index contributed by atoms with van der Waals surface area (Å²) in [6, 6.07) is 17.9. The van der Waals surface area contributed by atoms with Gasteiger partial charge in [0.05, 0.1) is 0 Å². The molecule has 2 aliphatic rings. The topological polar surface area (TPSA) is 42.9 Å². The van der Waals surface area contributed by atoms with Crippen LogP contribution >= 0.6 is 0 Å². The second-order valence-electron chi connectivity index (χ2n) is 8.88. The van der Waals surface area contributed by atoms with Crippen LogP contribution in [-0.4, -0.2) is 49.0 Å². The maximum atomic E-state index is 4.37. The molecule has 0 aromatic heterocycles. The van der Waals surface area contributed by atoms with E-state index in [2.05, 4.69) is 74.0 Å². The van der Waals surface area contributed by atoms with Gasteiger partial charge in [0.25, 0.3) is 0 Å². The van der Waals surface area contributed by atoms with Crippen LogP contribution in [0.2, 0.25) is 0 Å². The molecule has 4 rings (SSSR count). The molecule has 0 saturated carbocycles. The lowest BCUT2D eigenvalue weighted by Gasteiger charge is -2.16. The van der Waals surface area contributed by atoms with E-state index < -0.39 is 0 Å². The average Bonchev–Trinajstić information content (AvgIpc) is 3.50. The Kier molecular flexibility index (Phi) is 7.97. The summed E-state index contributed by atoms with van der Waals surface area (Å²) in [5.74, 6) is 0.835. The zero-order valence-corrected chi connectivity index (χ0v) is 18.9. The SMILES string of the molecule is CN=C(NCc1ccc(CN2CCCC2)cc1)NCc1ccc(CN2CCCC2)cc1. The summed E-state index contributed by atoms with van der Waals surface area (Å²) in [5, 5.41) is 6.86. The van der Waals surface area contributed by atoms with Gasteiger partial charge in [-0.15, -0.1) is 0 Å². The highest BCUT2D eigenvalue weighted by Crippen LogP contribution is 2.14. The molecule has 0 unspecified atom stereocenters. The normalized spacial score (nSPS) is 17.1. The Morgan fingerprint density at radius 1 is 0.645 bits per heavy atom. The van der Waals surface area contributed by atoms with Crippen LogP contribution in [0.5, 0.6) is 0 Å². The van der Waals surface area contributed by atoms with Gasteiger partial charge in [-0.1, -0.05) is 48.5 Å².